The molecule has 7 heteroatoms. The second-order valence-corrected chi connectivity index (χ2v) is 10.4. The summed E-state index contributed by atoms with van der Waals surface area (Å²) in [6.45, 7) is 2.20. The van der Waals surface area contributed by atoms with Gasteiger partial charge in [-0.2, -0.15) is 0 Å². The van der Waals surface area contributed by atoms with E-state index in [-0.39, 0.29) is 0 Å². The Bertz CT molecular complexity index is 1360. The Hall–Kier alpha value is -3.42. The van der Waals surface area contributed by atoms with Crippen LogP contribution in [0.4, 0.5) is 0 Å². The minimum absolute atomic E-state index is 0.387. The van der Waals surface area contributed by atoms with Crippen molar-refractivity contribution in [2.24, 2.45) is 5.16 Å². The molecule has 4 aromatic rings. The lowest BCUT2D eigenvalue weighted by atomic mass is 10.1. The fourth-order valence-corrected chi connectivity index (χ4v) is 5.88. The van der Waals surface area contributed by atoms with E-state index in [2.05, 4.69) is 52.5 Å². The van der Waals surface area contributed by atoms with Gasteiger partial charge in [0.05, 0.1) is 7.11 Å². The van der Waals surface area contributed by atoms with Gasteiger partial charge in [-0.25, -0.2) is 0 Å². The van der Waals surface area contributed by atoms with E-state index in [1.165, 1.54) is 26.6 Å². The molecule has 0 radical (unpaired) electrons. The number of likely N-dealkylation sites (tertiary alicyclic amines) is 1. The predicted octanol–water partition coefficient (Wildman–Crippen LogP) is 6.55. The molecule has 0 N–H and O–H groups in total. The molecule has 0 saturated carbocycles. The normalized spacial score (nSPS) is 15.5. The summed E-state index contributed by atoms with van der Waals surface area (Å²) < 4.78 is 13.9. The predicted molar refractivity (Wildman–Crippen MR) is 149 cm³/mol. The first-order valence-electron chi connectivity index (χ1n) is 12.8. The largest absolute Gasteiger partial charge is 0.482 e. The fraction of sp³-hybridized carbons (Fsp3) is 0.333. The molecule has 2 heterocycles. The summed E-state index contributed by atoms with van der Waals surface area (Å²) in [7, 11) is 1.61. The number of rotatable bonds is 10. The van der Waals surface area contributed by atoms with Crippen LogP contribution in [0.3, 0.4) is 0 Å². The number of carbonyl (C=O) groups excluding carboxylic acids is 1. The average molecular weight is 517 g/mol. The molecule has 0 spiro atoms. The second-order valence-electron chi connectivity index (χ2n) is 9.28. The number of nitrogens with zero attached hydrogens (tertiary/aromatic N) is 2. The first kappa shape index (κ1) is 25.2. The Morgan fingerprint density at radius 3 is 2.51 bits per heavy atom. The number of hydrogen-bond acceptors (Lipinski definition) is 7. The Kier molecular flexibility index (Phi) is 8.33. The monoisotopic (exact) mass is 516 g/mol. The zero-order valence-corrected chi connectivity index (χ0v) is 21.9. The Morgan fingerprint density at radius 2 is 1.73 bits per heavy atom. The van der Waals surface area contributed by atoms with Gasteiger partial charge in [0.15, 0.2) is 6.29 Å². The summed E-state index contributed by atoms with van der Waals surface area (Å²) in [5.74, 6) is 1.25. The molecule has 1 aromatic heterocycles. The molecule has 5 rings (SSSR count). The molecular weight excluding hydrogens is 484 g/mol. The molecule has 3 aromatic carbocycles. The molecular formula is C30H32N2O4S. The van der Waals surface area contributed by atoms with Crippen LogP contribution in [0, 0.1) is 0 Å². The van der Waals surface area contributed by atoms with E-state index in [0.29, 0.717) is 24.7 Å². The van der Waals surface area contributed by atoms with Gasteiger partial charge in [0.25, 0.3) is 0 Å². The van der Waals surface area contributed by atoms with Gasteiger partial charge in [-0.3, -0.25) is 9.69 Å². The molecule has 1 aliphatic heterocycles. The van der Waals surface area contributed by atoms with Gasteiger partial charge in [0.1, 0.15) is 12.4 Å². The van der Waals surface area contributed by atoms with Crippen LogP contribution >= 0.6 is 11.3 Å². The molecule has 1 aliphatic rings. The molecule has 0 amide bonds. The van der Waals surface area contributed by atoms with Crippen LogP contribution in [-0.4, -0.2) is 43.5 Å². The topological polar surface area (TPSA) is 60.4 Å². The summed E-state index contributed by atoms with van der Waals surface area (Å²) in [5.41, 5.74) is 2.21. The van der Waals surface area contributed by atoms with Gasteiger partial charge in [-0.05, 0) is 54.7 Å². The molecule has 1 saturated heterocycles. The highest BCUT2D eigenvalue weighted by Gasteiger charge is 2.21. The number of fused-ring (bicyclic) bond motifs is 3. The van der Waals surface area contributed by atoms with Crippen molar-refractivity contribution < 1.29 is 19.1 Å². The first-order valence-corrected chi connectivity index (χ1v) is 13.6. The van der Waals surface area contributed by atoms with E-state index < -0.39 is 6.23 Å². The smallest absolute Gasteiger partial charge is 0.225 e. The number of hydrogen-bond donors (Lipinski definition) is 0. The summed E-state index contributed by atoms with van der Waals surface area (Å²) in [4.78, 5) is 19.3. The minimum Gasteiger partial charge on any atom is -0.482 e. The maximum atomic E-state index is 11.6. The third-order valence-corrected chi connectivity index (χ3v) is 7.88. The van der Waals surface area contributed by atoms with Crippen LogP contribution in [0.25, 0.3) is 20.2 Å². The maximum absolute atomic E-state index is 11.6. The molecule has 0 aliphatic carbocycles. The maximum Gasteiger partial charge on any atom is 0.225 e. The van der Waals surface area contributed by atoms with Crippen molar-refractivity contribution in [2.75, 3.05) is 20.2 Å². The molecule has 6 nitrogen and oxygen atoms in total. The van der Waals surface area contributed by atoms with Crippen LogP contribution in [0.15, 0.2) is 71.9 Å². The Labute approximate surface area is 221 Å². The lowest BCUT2D eigenvalue weighted by Crippen LogP contribution is -2.43. The molecule has 192 valence electrons. The average Bonchev–Trinajstić information content (AvgIpc) is 3.32. The van der Waals surface area contributed by atoms with Crippen molar-refractivity contribution in [3.63, 3.8) is 0 Å². The van der Waals surface area contributed by atoms with Gasteiger partial charge < -0.3 is 14.3 Å². The van der Waals surface area contributed by atoms with Gasteiger partial charge in [0, 0.05) is 39.7 Å². The number of carbonyl (C=O) groups is 1. The molecule has 1 atom stereocenters. The lowest BCUT2D eigenvalue weighted by molar-refractivity contribution is -0.122. The Balaban J connectivity index is 1.13. The SMILES string of the molecule is COC(CCc1ccc(OC(C=O)N2CCCCC2)cc1)=NOCc1ccc2c(c1)sc1ccccc12. The molecule has 0 bridgehead atoms. The van der Waals surface area contributed by atoms with Crippen LogP contribution in [0.2, 0.25) is 0 Å². The number of benzene rings is 3. The van der Waals surface area contributed by atoms with Crippen LogP contribution in [-0.2, 0) is 27.4 Å². The summed E-state index contributed by atoms with van der Waals surface area (Å²) in [5, 5.41) is 6.79. The quantitative estimate of drug-likeness (QED) is 0.103. The van der Waals surface area contributed by atoms with E-state index in [9.17, 15) is 4.79 Å². The van der Waals surface area contributed by atoms with Gasteiger partial charge >= 0.3 is 0 Å². The summed E-state index contributed by atoms with van der Waals surface area (Å²) >= 11 is 1.79. The first-order chi connectivity index (χ1) is 18.2. The van der Waals surface area contributed by atoms with Crippen molar-refractivity contribution in [1.82, 2.24) is 4.90 Å². The van der Waals surface area contributed by atoms with E-state index in [1.54, 1.807) is 18.4 Å². The zero-order chi connectivity index (χ0) is 25.5. The van der Waals surface area contributed by atoms with Gasteiger partial charge in [0.2, 0.25) is 12.1 Å². The van der Waals surface area contributed by atoms with E-state index in [1.807, 2.05) is 24.3 Å². The number of piperidine rings is 1. The number of thiophene rings is 1. The van der Waals surface area contributed by atoms with Crippen molar-refractivity contribution >= 4 is 43.7 Å². The standard InChI is InChI=1S/C30H32N2O4S/c1-34-29(31-35-21-23-11-15-26-25-7-3-4-8-27(25)37-28(26)19-23)16-12-22-9-13-24(14-10-22)36-30(20-33)32-17-5-2-6-18-32/h3-4,7-11,13-15,19-20,30H,2,5-6,12,16-18,21H2,1H3. The van der Waals surface area contributed by atoms with Crippen molar-refractivity contribution in [1.29, 1.82) is 0 Å². The number of methoxy groups -OCH3 is 1. The molecule has 1 fully saturated rings. The number of aldehydes is 1. The van der Waals surface area contributed by atoms with Crippen molar-refractivity contribution in [3.05, 3.63) is 77.9 Å². The summed E-state index contributed by atoms with van der Waals surface area (Å²) in [6, 6.07) is 22.8. The van der Waals surface area contributed by atoms with Gasteiger partial charge in [-0.1, -0.05) is 54.0 Å². The van der Waals surface area contributed by atoms with E-state index in [4.69, 9.17) is 14.3 Å². The highest BCUT2D eigenvalue weighted by atomic mass is 32.1. The lowest BCUT2D eigenvalue weighted by Gasteiger charge is -2.31. The van der Waals surface area contributed by atoms with Crippen LogP contribution in [0.1, 0.15) is 36.8 Å². The van der Waals surface area contributed by atoms with Crippen molar-refractivity contribution in [2.45, 2.75) is 44.9 Å². The molecule has 1 unspecified atom stereocenters. The highest BCUT2D eigenvalue weighted by molar-refractivity contribution is 7.25. The second kappa shape index (κ2) is 12.2. The van der Waals surface area contributed by atoms with E-state index in [0.717, 1.165) is 49.8 Å². The number of oxime groups is 1. The van der Waals surface area contributed by atoms with Crippen LogP contribution < -0.4 is 4.74 Å². The zero-order valence-electron chi connectivity index (χ0n) is 21.1. The third-order valence-electron chi connectivity index (χ3n) is 6.75. The highest BCUT2D eigenvalue weighted by Crippen LogP contribution is 2.34. The number of ether oxygens (including phenoxy) is 2. The number of aryl methyl sites for hydroxylation is 1. The van der Waals surface area contributed by atoms with Crippen molar-refractivity contribution in [3.8, 4) is 5.75 Å². The third kappa shape index (κ3) is 6.29. The minimum atomic E-state index is -0.518. The Morgan fingerprint density at radius 1 is 0.973 bits per heavy atom. The fourth-order valence-electron chi connectivity index (χ4n) is 4.71. The van der Waals surface area contributed by atoms with E-state index >= 15 is 0 Å². The summed E-state index contributed by atoms with van der Waals surface area (Å²) in [6.07, 6.45) is 5.19. The van der Waals surface area contributed by atoms with Gasteiger partial charge in [-0.15, -0.1) is 11.3 Å². The van der Waals surface area contributed by atoms with Crippen LogP contribution in [0.5, 0.6) is 5.75 Å². The molecule has 37 heavy (non-hydrogen) atoms.